The summed E-state index contributed by atoms with van der Waals surface area (Å²) in [5.74, 6) is 0. The van der Waals surface area contributed by atoms with Gasteiger partial charge >= 0.3 is 0 Å². The molecule has 1 atom stereocenters. The Morgan fingerprint density at radius 1 is 1.55 bits per heavy atom. The number of para-hydroxylation sites is 1. The third kappa shape index (κ3) is 2.44. The third-order valence-corrected chi connectivity index (χ3v) is 3.55. The summed E-state index contributed by atoms with van der Waals surface area (Å²) in [5, 5.41) is 14.2. The molecule has 20 heavy (non-hydrogen) atoms. The standard InChI is InChI=1S/C13H16N4O3/c1-16-7-3-4-9(8-16)14-13-15-12-10(17(18)19)5-2-6-11(12)20-13/h2,5-6,9H,3-4,7-8H2,1H3,(H,14,15). The number of likely N-dealkylation sites (N-methyl/N-ethyl adjacent to an activating group) is 1. The highest BCUT2D eigenvalue weighted by Gasteiger charge is 2.21. The lowest BCUT2D eigenvalue weighted by Gasteiger charge is -2.29. The van der Waals surface area contributed by atoms with E-state index >= 15 is 0 Å². The Bertz CT molecular complexity index is 640. The number of rotatable bonds is 3. The highest BCUT2D eigenvalue weighted by Crippen LogP contribution is 2.28. The summed E-state index contributed by atoms with van der Waals surface area (Å²) in [6, 6.07) is 5.34. The molecule has 0 amide bonds. The number of hydrogen-bond acceptors (Lipinski definition) is 6. The van der Waals surface area contributed by atoms with Crippen molar-refractivity contribution in [1.82, 2.24) is 9.88 Å². The van der Waals surface area contributed by atoms with Crippen LogP contribution < -0.4 is 5.32 Å². The fourth-order valence-electron chi connectivity index (χ4n) is 2.60. The van der Waals surface area contributed by atoms with Crippen LogP contribution in [0.4, 0.5) is 11.7 Å². The van der Waals surface area contributed by atoms with Crippen molar-refractivity contribution in [3.63, 3.8) is 0 Å². The van der Waals surface area contributed by atoms with Crippen LogP contribution >= 0.6 is 0 Å². The number of oxazole rings is 1. The maximum absolute atomic E-state index is 11.0. The molecule has 1 unspecified atom stereocenters. The summed E-state index contributed by atoms with van der Waals surface area (Å²) in [4.78, 5) is 17.0. The molecule has 2 aromatic rings. The predicted octanol–water partition coefficient (Wildman–Crippen LogP) is 2.24. The van der Waals surface area contributed by atoms with Gasteiger partial charge in [0.05, 0.1) is 4.92 Å². The second-order valence-electron chi connectivity index (χ2n) is 5.15. The molecular formula is C13H16N4O3. The Morgan fingerprint density at radius 2 is 2.40 bits per heavy atom. The maximum Gasteiger partial charge on any atom is 0.298 e. The summed E-state index contributed by atoms with van der Waals surface area (Å²) in [6.45, 7) is 2.01. The molecular weight excluding hydrogens is 260 g/mol. The van der Waals surface area contributed by atoms with Crippen LogP contribution in [0.2, 0.25) is 0 Å². The number of fused-ring (bicyclic) bond motifs is 1. The number of nitro benzene ring substituents is 1. The van der Waals surface area contributed by atoms with Gasteiger partial charge in [-0.25, -0.2) is 0 Å². The van der Waals surface area contributed by atoms with Gasteiger partial charge in [-0.3, -0.25) is 10.1 Å². The number of benzene rings is 1. The van der Waals surface area contributed by atoms with Crippen LogP contribution in [0.3, 0.4) is 0 Å². The lowest BCUT2D eigenvalue weighted by atomic mass is 10.1. The number of nitrogens with one attached hydrogen (secondary N) is 1. The van der Waals surface area contributed by atoms with Gasteiger partial charge < -0.3 is 14.6 Å². The van der Waals surface area contributed by atoms with Gasteiger partial charge in [0.25, 0.3) is 11.7 Å². The molecule has 0 aliphatic carbocycles. The number of anilines is 1. The van der Waals surface area contributed by atoms with E-state index in [4.69, 9.17) is 4.42 Å². The molecule has 1 N–H and O–H groups in total. The molecule has 0 bridgehead atoms. The van der Waals surface area contributed by atoms with Gasteiger partial charge in [-0.2, -0.15) is 4.98 Å². The smallest absolute Gasteiger partial charge is 0.298 e. The fraction of sp³-hybridized carbons (Fsp3) is 0.462. The van der Waals surface area contributed by atoms with Gasteiger partial charge in [0.2, 0.25) is 0 Å². The van der Waals surface area contributed by atoms with Gasteiger partial charge in [0, 0.05) is 18.7 Å². The second-order valence-corrected chi connectivity index (χ2v) is 5.15. The molecule has 3 rings (SSSR count). The summed E-state index contributed by atoms with van der Waals surface area (Å²) in [5.41, 5.74) is 0.704. The minimum atomic E-state index is -0.441. The lowest BCUT2D eigenvalue weighted by molar-refractivity contribution is -0.383. The minimum absolute atomic E-state index is 0.0277. The van der Waals surface area contributed by atoms with Gasteiger partial charge in [0.15, 0.2) is 11.1 Å². The van der Waals surface area contributed by atoms with Gasteiger partial charge in [0.1, 0.15) is 0 Å². The number of nitrogens with zero attached hydrogens (tertiary/aromatic N) is 3. The Kier molecular flexibility index (Phi) is 3.27. The van der Waals surface area contributed by atoms with E-state index in [2.05, 4.69) is 22.2 Å². The molecule has 1 aliphatic heterocycles. The van der Waals surface area contributed by atoms with Crippen LogP contribution in [-0.4, -0.2) is 41.0 Å². The first-order valence-corrected chi connectivity index (χ1v) is 6.62. The van der Waals surface area contributed by atoms with Gasteiger partial charge in [-0.15, -0.1) is 0 Å². The minimum Gasteiger partial charge on any atom is -0.423 e. The van der Waals surface area contributed by atoms with Crippen LogP contribution in [0.1, 0.15) is 12.8 Å². The van der Waals surface area contributed by atoms with E-state index in [1.54, 1.807) is 12.1 Å². The monoisotopic (exact) mass is 276 g/mol. The van der Waals surface area contributed by atoms with E-state index in [-0.39, 0.29) is 11.7 Å². The molecule has 106 valence electrons. The average Bonchev–Trinajstić information content (AvgIpc) is 2.80. The SMILES string of the molecule is CN1CCCC(Nc2nc3c([N+](=O)[O-])cccc3o2)C1. The Hall–Kier alpha value is -2.15. The zero-order valence-corrected chi connectivity index (χ0v) is 11.2. The van der Waals surface area contributed by atoms with E-state index < -0.39 is 4.92 Å². The molecule has 2 heterocycles. The van der Waals surface area contributed by atoms with Gasteiger partial charge in [-0.1, -0.05) is 6.07 Å². The van der Waals surface area contributed by atoms with Gasteiger partial charge in [-0.05, 0) is 32.5 Å². The number of nitro groups is 1. The lowest BCUT2D eigenvalue weighted by Crippen LogP contribution is -2.39. The van der Waals surface area contributed by atoms with Crippen LogP contribution in [-0.2, 0) is 0 Å². The molecule has 1 saturated heterocycles. The second kappa shape index (κ2) is 5.09. The molecule has 7 nitrogen and oxygen atoms in total. The molecule has 1 aromatic carbocycles. The van der Waals surface area contributed by atoms with Crippen LogP contribution in [0, 0.1) is 10.1 Å². The van der Waals surface area contributed by atoms with Crippen molar-refractivity contribution >= 4 is 22.8 Å². The number of hydrogen-bond donors (Lipinski definition) is 1. The van der Waals surface area contributed by atoms with Crippen molar-refractivity contribution in [2.24, 2.45) is 0 Å². The van der Waals surface area contributed by atoms with Crippen molar-refractivity contribution in [2.45, 2.75) is 18.9 Å². The van der Waals surface area contributed by atoms with E-state index in [1.165, 1.54) is 6.07 Å². The highest BCUT2D eigenvalue weighted by molar-refractivity contribution is 5.84. The number of piperidine rings is 1. The predicted molar refractivity (Wildman–Crippen MR) is 74.8 cm³/mol. The van der Waals surface area contributed by atoms with Crippen LogP contribution in [0.25, 0.3) is 11.1 Å². The van der Waals surface area contributed by atoms with E-state index in [0.717, 1.165) is 25.9 Å². The normalized spacial score (nSPS) is 20.1. The summed E-state index contributed by atoms with van der Waals surface area (Å²) >= 11 is 0. The first kappa shape index (κ1) is 12.9. The molecule has 1 aliphatic rings. The topological polar surface area (TPSA) is 84.4 Å². The molecule has 0 radical (unpaired) electrons. The number of non-ortho nitro benzene ring substituents is 1. The highest BCUT2D eigenvalue weighted by atomic mass is 16.6. The first-order chi connectivity index (χ1) is 9.63. The van der Waals surface area contributed by atoms with Crippen molar-refractivity contribution in [1.29, 1.82) is 0 Å². The number of aromatic nitrogens is 1. The van der Waals surface area contributed by atoms with E-state index in [0.29, 0.717) is 17.1 Å². The average molecular weight is 276 g/mol. The quantitative estimate of drug-likeness (QED) is 0.683. The first-order valence-electron chi connectivity index (χ1n) is 6.62. The molecule has 1 fully saturated rings. The van der Waals surface area contributed by atoms with E-state index in [9.17, 15) is 10.1 Å². The van der Waals surface area contributed by atoms with Crippen LogP contribution in [0.15, 0.2) is 22.6 Å². The largest absolute Gasteiger partial charge is 0.423 e. The Labute approximate surface area is 115 Å². The summed E-state index contributed by atoms with van der Waals surface area (Å²) in [7, 11) is 2.07. The summed E-state index contributed by atoms with van der Waals surface area (Å²) in [6.07, 6.45) is 2.17. The zero-order valence-electron chi connectivity index (χ0n) is 11.2. The Morgan fingerprint density at radius 3 is 3.15 bits per heavy atom. The third-order valence-electron chi connectivity index (χ3n) is 3.55. The Balaban J connectivity index is 1.85. The molecule has 0 saturated carbocycles. The molecule has 0 spiro atoms. The molecule has 7 heteroatoms. The van der Waals surface area contributed by atoms with E-state index in [1.807, 2.05) is 0 Å². The fourth-order valence-corrected chi connectivity index (χ4v) is 2.60. The zero-order chi connectivity index (χ0) is 14.1. The maximum atomic E-state index is 11.0. The summed E-state index contributed by atoms with van der Waals surface area (Å²) < 4.78 is 5.55. The van der Waals surface area contributed by atoms with Crippen molar-refractivity contribution in [3.05, 3.63) is 28.3 Å². The number of likely N-dealkylation sites (tertiary alicyclic amines) is 1. The van der Waals surface area contributed by atoms with Crippen molar-refractivity contribution in [2.75, 3.05) is 25.5 Å². The van der Waals surface area contributed by atoms with Crippen molar-refractivity contribution < 1.29 is 9.34 Å². The van der Waals surface area contributed by atoms with Crippen LogP contribution in [0.5, 0.6) is 0 Å². The molecule has 1 aromatic heterocycles. The van der Waals surface area contributed by atoms with Crippen molar-refractivity contribution in [3.8, 4) is 0 Å².